The number of nitrogens with zero attached hydrogens (tertiary/aromatic N) is 1. The molecule has 4 saturated heterocycles. The van der Waals surface area contributed by atoms with Crippen molar-refractivity contribution in [3.8, 4) is 0 Å². The number of aliphatic hydroxyl groups is 6. The lowest BCUT2D eigenvalue weighted by Crippen LogP contribution is -2.64. The molecule has 20 atom stereocenters. The number of rotatable bonds is 20. The van der Waals surface area contributed by atoms with Crippen LogP contribution in [0.4, 0.5) is 4.79 Å². The maximum absolute atomic E-state index is 13.2. The van der Waals surface area contributed by atoms with Gasteiger partial charge in [0.25, 0.3) is 0 Å². The Balaban J connectivity index is 0.000000308. The van der Waals surface area contributed by atoms with E-state index in [1.165, 1.54) is 25.9 Å². The molecule has 1 amide bonds. The number of amides is 1. The first-order chi connectivity index (χ1) is 35.7. The molecule has 2 aromatic carbocycles. The van der Waals surface area contributed by atoms with Gasteiger partial charge in [0.15, 0.2) is 43.5 Å². The summed E-state index contributed by atoms with van der Waals surface area (Å²) in [6.45, 7) is 10.9. The van der Waals surface area contributed by atoms with Gasteiger partial charge in [-0.3, -0.25) is 9.69 Å². The molecule has 0 bridgehead atoms. The Bertz CT molecular complexity index is 2060. The summed E-state index contributed by atoms with van der Waals surface area (Å²) in [7, 11) is 1.19. The molecule has 0 saturated carbocycles. The smallest absolute Gasteiger partial charge is 0.412 e. The average molecular weight is 1070 g/mol. The largest absolute Gasteiger partial charge is 0.479 e. The Morgan fingerprint density at radius 1 is 0.600 bits per heavy atom. The van der Waals surface area contributed by atoms with Crippen LogP contribution in [-0.4, -0.2) is 196 Å². The second kappa shape index (κ2) is 29.3. The number of nitrogens with two attached hydrogens (primary N) is 1. The van der Waals surface area contributed by atoms with Crippen molar-refractivity contribution < 1.29 is 107 Å². The summed E-state index contributed by atoms with van der Waals surface area (Å²) in [5.41, 5.74) is 7.06. The Morgan fingerprint density at radius 3 is 1.80 bits per heavy atom. The molecule has 75 heavy (non-hydrogen) atoms. The summed E-state index contributed by atoms with van der Waals surface area (Å²) in [5, 5.41) is 71.2. The van der Waals surface area contributed by atoms with Crippen LogP contribution >= 0.6 is 0 Å². The lowest BCUT2D eigenvalue weighted by atomic mass is 9.84. The molecule has 4 aliphatic heterocycles. The molecule has 24 nitrogen and oxygen atoms in total. The maximum Gasteiger partial charge on any atom is 0.412 e. The van der Waals surface area contributed by atoms with Crippen molar-refractivity contribution in [2.45, 2.75) is 178 Å². The number of ether oxygens (including phenoxy) is 11. The highest BCUT2D eigenvalue weighted by atomic mass is 16.8. The summed E-state index contributed by atoms with van der Waals surface area (Å²) < 4.78 is 61.7. The van der Waals surface area contributed by atoms with E-state index in [4.69, 9.17) is 57.8 Å². The monoisotopic (exact) mass is 1070 g/mol. The number of aliphatic hydroxyl groups excluding tert-OH is 6. The van der Waals surface area contributed by atoms with E-state index in [0.717, 1.165) is 24.0 Å². The third-order valence-corrected chi connectivity index (χ3v) is 13.7. The van der Waals surface area contributed by atoms with E-state index in [1.54, 1.807) is 6.92 Å². The van der Waals surface area contributed by atoms with Gasteiger partial charge in [-0.2, -0.15) is 0 Å². The molecule has 24 heteroatoms. The standard InChI is InChI=1S/C34H45NO11.C17H31NO11/c1-20-21(2)28(44-24(5)36)33(43-23(20)4)45-29-27(37)22(3)32(46-30(29)31(38)40-6)42-19-35(17-25-13-9-7-10-14-25)34(39)41-18-26-15-11-8-12-16-26;1-7-8(19)9(20)11(22)17(27-7)28-13-10(21)12(23)16(29-14(13)15(24)25)26-6-4-2-3-5-18/h7-16,20-23,27-30,32-33,37H,17-19H2,1-6H3;7-14,16-17,19-23H,2-6,18H2,1H3,(H,24,25)/t20-,21?,22?,23+,27-,28?,29-,30?,32+,33+;7-,8-,9?,10+,11?,12?,13+,14?,16-,17-/m10/s1. The van der Waals surface area contributed by atoms with Crippen molar-refractivity contribution in [2.75, 3.05) is 27.0 Å². The minimum absolute atomic E-state index is 0.0445. The van der Waals surface area contributed by atoms with Crippen LogP contribution in [0.15, 0.2) is 60.7 Å². The number of hydrogen-bond acceptors (Lipinski definition) is 22. The van der Waals surface area contributed by atoms with Gasteiger partial charge in [0, 0.05) is 25.4 Å². The quantitative estimate of drug-likeness (QED) is 0.0395. The van der Waals surface area contributed by atoms with Gasteiger partial charge in [-0.15, -0.1) is 0 Å². The number of esters is 2. The average Bonchev–Trinajstić information content (AvgIpc) is 3.39. The van der Waals surface area contributed by atoms with Crippen molar-refractivity contribution in [3.05, 3.63) is 71.8 Å². The van der Waals surface area contributed by atoms with E-state index < -0.39 is 128 Å². The fourth-order valence-corrected chi connectivity index (χ4v) is 8.81. The molecule has 4 fully saturated rings. The normalized spacial score (nSPS) is 35.8. The number of carbonyl (C=O) groups is 4. The summed E-state index contributed by atoms with van der Waals surface area (Å²) in [6, 6.07) is 18.6. The van der Waals surface area contributed by atoms with Crippen molar-refractivity contribution in [1.29, 1.82) is 0 Å². The first-order valence-corrected chi connectivity index (χ1v) is 25.1. The van der Waals surface area contributed by atoms with Gasteiger partial charge < -0.3 is 93.6 Å². The van der Waals surface area contributed by atoms with E-state index in [-0.39, 0.29) is 44.4 Å². The van der Waals surface area contributed by atoms with Crippen LogP contribution in [0.1, 0.15) is 71.9 Å². The van der Waals surface area contributed by atoms with E-state index in [0.29, 0.717) is 13.0 Å². The Hall–Kier alpha value is -4.48. The van der Waals surface area contributed by atoms with Crippen LogP contribution in [0.25, 0.3) is 0 Å². The SMILES string of the molecule is COC(=O)C1O[C@H](OCN(Cc2ccccc2)C(=O)OCc2ccccc2)C(C)[C@@H](O)[C@H]1O[C@@H]1O[C@@H](C)[C@H](C)C(C)C1OC(C)=O.C[C@@H]1O[C@@H](O[C@H]2C(C(=O)O)O[C@H](OCCCCCN)C(O)[C@H]2O)C(O)C(O)[C@H]1O. The zero-order chi connectivity index (χ0) is 55.1. The van der Waals surface area contributed by atoms with Gasteiger partial charge >= 0.3 is 24.0 Å². The molecule has 0 aliphatic carbocycles. The van der Waals surface area contributed by atoms with Crippen LogP contribution in [0, 0.1) is 17.8 Å². The van der Waals surface area contributed by atoms with Crippen LogP contribution in [0.3, 0.4) is 0 Å². The predicted octanol–water partition coefficient (Wildman–Crippen LogP) is 0.904. The van der Waals surface area contributed by atoms with Crippen molar-refractivity contribution in [3.63, 3.8) is 0 Å². The minimum Gasteiger partial charge on any atom is -0.479 e. The van der Waals surface area contributed by atoms with Crippen molar-refractivity contribution in [1.82, 2.24) is 4.90 Å². The summed E-state index contributed by atoms with van der Waals surface area (Å²) in [5.74, 6) is -3.62. The number of carbonyl (C=O) groups excluding carboxylic acids is 3. The number of benzene rings is 2. The van der Waals surface area contributed by atoms with Gasteiger partial charge in [-0.1, -0.05) is 81.4 Å². The van der Waals surface area contributed by atoms with E-state index in [9.17, 15) is 54.9 Å². The second-order valence-electron chi connectivity index (χ2n) is 19.2. The van der Waals surface area contributed by atoms with Crippen LogP contribution < -0.4 is 5.73 Å². The topological polar surface area (TPSA) is 341 Å². The first kappa shape index (κ1) is 61.4. The van der Waals surface area contributed by atoms with E-state index in [2.05, 4.69) is 0 Å². The Morgan fingerprint density at radius 2 is 1.19 bits per heavy atom. The van der Waals surface area contributed by atoms with Crippen LogP contribution in [0.2, 0.25) is 0 Å². The third kappa shape index (κ3) is 16.5. The predicted molar refractivity (Wildman–Crippen MR) is 258 cm³/mol. The summed E-state index contributed by atoms with van der Waals surface area (Å²) >= 11 is 0. The van der Waals surface area contributed by atoms with Gasteiger partial charge in [0.05, 0.1) is 32.0 Å². The number of methoxy groups -OCH3 is 1. The molecular weight excluding hydrogens is 993 g/mol. The van der Waals surface area contributed by atoms with Crippen molar-refractivity contribution in [2.24, 2.45) is 23.5 Å². The maximum atomic E-state index is 13.2. The molecule has 9 N–H and O–H groups in total. The number of unbranched alkanes of at least 4 members (excludes halogenated alkanes) is 2. The fourth-order valence-electron chi connectivity index (χ4n) is 8.81. The van der Waals surface area contributed by atoms with E-state index >= 15 is 0 Å². The summed E-state index contributed by atoms with van der Waals surface area (Å²) in [6.07, 6.45) is -21.0. The van der Waals surface area contributed by atoms with Gasteiger partial charge in [-0.05, 0) is 56.7 Å². The number of aliphatic carboxylic acids is 1. The van der Waals surface area contributed by atoms with Crippen LogP contribution in [0.5, 0.6) is 0 Å². The molecule has 422 valence electrons. The number of carboxylic acids is 1. The summed E-state index contributed by atoms with van der Waals surface area (Å²) in [4.78, 5) is 51.1. The zero-order valence-corrected chi connectivity index (χ0v) is 43.3. The molecule has 6 rings (SSSR count). The van der Waals surface area contributed by atoms with Gasteiger partial charge in [0.1, 0.15) is 56.1 Å². The van der Waals surface area contributed by atoms with Crippen LogP contribution in [-0.2, 0) is 79.6 Å². The molecule has 8 unspecified atom stereocenters. The lowest BCUT2D eigenvalue weighted by Gasteiger charge is -2.47. The van der Waals surface area contributed by atoms with E-state index in [1.807, 2.05) is 81.4 Å². The van der Waals surface area contributed by atoms with Crippen molar-refractivity contribution >= 4 is 24.0 Å². The van der Waals surface area contributed by atoms with Gasteiger partial charge in [0.2, 0.25) is 0 Å². The third-order valence-electron chi connectivity index (χ3n) is 13.7. The molecule has 0 aromatic heterocycles. The highest BCUT2D eigenvalue weighted by Gasteiger charge is 2.54. The highest BCUT2D eigenvalue weighted by molar-refractivity contribution is 5.75. The highest BCUT2D eigenvalue weighted by Crippen LogP contribution is 2.37. The number of carboxylic acid groups (broad SMARTS) is 1. The molecule has 4 heterocycles. The zero-order valence-electron chi connectivity index (χ0n) is 43.3. The minimum atomic E-state index is -1.74. The number of hydrogen-bond donors (Lipinski definition) is 8. The molecule has 0 spiro atoms. The first-order valence-electron chi connectivity index (χ1n) is 25.1. The Kier molecular flexibility index (Phi) is 24.0. The molecule has 2 aromatic rings. The van der Waals surface area contributed by atoms with Gasteiger partial charge in [-0.25, -0.2) is 14.4 Å². The molecular formula is C51H76N2O22. The molecule has 4 aliphatic rings. The molecule has 0 radical (unpaired) electrons. The second-order valence-corrected chi connectivity index (χ2v) is 19.2. The Labute approximate surface area is 435 Å². The lowest BCUT2D eigenvalue weighted by molar-refractivity contribution is -0.351. The fraction of sp³-hybridized carbons (Fsp3) is 0.686.